The molecule has 1 fully saturated rings. The molecule has 0 unspecified atom stereocenters. The Hall–Kier alpha value is -2.09. The number of nitrogens with zero attached hydrogens (tertiary/aromatic N) is 2. The van der Waals surface area contributed by atoms with Crippen molar-refractivity contribution in [2.75, 3.05) is 43.0 Å². The molecule has 0 bridgehead atoms. The van der Waals surface area contributed by atoms with Crippen molar-refractivity contribution in [2.45, 2.75) is 6.54 Å². The van der Waals surface area contributed by atoms with Crippen molar-refractivity contribution in [3.05, 3.63) is 59.4 Å². The van der Waals surface area contributed by atoms with E-state index in [1.807, 2.05) is 29.4 Å². The zero-order chi connectivity index (χ0) is 19.8. The smallest absolute Gasteiger partial charge is 0.234 e. The van der Waals surface area contributed by atoms with E-state index < -0.39 is 0 Å². The van der Waals surface area contributed by atoms with Crippen LogP contribution in [0.2, 0.25) is 5.02 Å². The number of pyridine rings is 1. The van der Waals surface area contributed by atoms with Gasteiger partial charge in [0.25, 0.3) is 0 Å². The lowest BCUT2D eigenvalue weighted by Crippen LogP contribution is -3.13. The lowest BCUT2D eigenvalue weighted by atomic mass is 10.2. The van der Waals surface area contributed by atoms with E-state index in [0.29, 0.717) is 16.5 Å². The molecule has 0 radical (unpaired) electrons. The molecule has 6 nitrogen and oxygen atoms in total. The fourth-order valence-electron chi connectivity index (χ4n) is 3.09. The number of thioether (sulfide) groups is 1. The molecule has 0 spiro atoms. The third-order valence-corrected chi connectivity index (χ3v) is 5.78. The minimum atomic E-state index is -0.119. The molecule has 3 rings (SSSR count). The van der Waals surface area contributed by atoms with E-state index in [9.17, 15) is 9.59 Å². The van der Waals surface area contributed by atoms with Gasteiger partial charge >= 0.3 is 0 Å². The second-order valence-corrected chi connectivity index (χ2v) is 8.13. The quantitative estimate of drug-likeness (QED) is 0.710. The van der Waals surface area contributed by atoms with E-state index in [4.69, 9.17) is 11.6 Å². The van der Waals surface area contributed by atoms with Crippen molar-refractivity contribution in [3.8, 4) is 0 Å². The lowest BCUT2D eigenvalue weighted by molar-refractivity contribution is -0.917. The molecule has 8 heteroatoms. The van der Waals surface area contributed by atoms with Crippen LogP contribution >= 0.6 is 23.4 Å². The van der Waals surface area contributed by atoms with Gasteiger partial charge in [0.15, 0.2) is 0 Å². The van der Waals surface area contributed by atoms with E-state index in [1.54, 1.807) is 24.3 Å². The van der Waals surface area contributed by atoms with Crippen LogP contribution in [0, 0.1) is 0 Å². The van der Waals surface area contributed by atoms with E-state index in [1.165, 1.54) is 22.2 Å². The fraction of sp³-hybridized carbons (Fsp3) is 0.350. The molecule has 2 amide bonds. The summed E-state index contributed by atoms with van der Waals surface area (Å²) in [6.07, 6.45) is 3.63. The van der Waals surface area contributed by atoms with Crippen LogP contribution in [0.3, 0.4) is 0 Å². The average molecular weight is 420 g/mol. The van der Waals surface area contributed by atoms with E-state index in [-0.39, 0.29) is 17.6 Å². The van der Waals surface area contributed by atoms with Gasteiger partial charge in [-0.25, -0.2) is 0 Å². The number of hydrogen-bond donors (Lipinski definition) is 2. The van der Waals surface area contributed by atoms with Gasteiger partial charge in [-0.2, -0.15) is 0 Å². The Morgan fingerprint density at radius 2 is 1.75 bits per heavy atom. The van der Waals surface area contributed by atoms with Gasteiger partial charge < -0.3 is 15.1 Å². The Balaban J connectivity index is 1.33. The predicted octanol–water partition coefficient (Wildman–Crippen LogP) is 1.33. The van der Waals surface area contributed by atoms with Gasteiger partial charge in [0.05, 0.1) is 37.7 Å². The first kappa shape index (κ1) is 20.6. The molecular weight excluding hydrogens is 396 g/mol. The van der Waals surface area contributed by atoms with Crippen molar-refractivity contribution >= 4 is 40.9 Å². The van der Waals surface area contributed by atoms with Crippen molar-refractivity contribution in [3.63, 3.8) is 0 Å². The highest BCUT2D eigenvalue weighted by Crippen LogP contribution is 2.14. The summed E-state index contributed by atoms with van der Waals surface area (Å²) in [4.78, 5) is 31.8. The highest BCUT2D eigenvalue weighted by Gasteiger charge is 2.23. The standard InChI is InChI=1S/C20H23ClN4O2S/c21-17-1-3-18(4-2-17)23-19(26)14-28-15-20(27)25-11-9-24(10-12-25)13-16-5-7-22-8-6-16/h1-8H,9-15H2,(H,23,26)/p+1. The third kappa shape index (κ3) is 6.51. The molecule has 1 aliphatic rings. The van der Waals surface area contributed by atoms with Crippen molar-refractivity contribution < 1.29 is 14.5 Å². The monoisotopic (exact) mass is 419 g/mol. The molecule has 0 aliphatic carbocycles. The first-order valence-electron chi connectivity index (χ1n) is 9.23. The number of aromatic nitrogens is 1. The summed E-state index contributed by atoms with van der Waals surface area (Å²) in [6.45, 7) is 4.36. The number of rotatable bonds is 7. The maximum Gasteiger partial charge on any atom is 0.234 e. The van der Waals surface area contributed by atoms with Gasteiger partial charge in [0, 0.05) is 28.7 Å². The van der Waals surface area contributed by atoms with Crippen LogP contribution in [0.4, 0.5) is 5.69 Å². The molecule has 2 N–H and O–H groups in total. The van der Waals surface area contributed by atoms with Crippen molar-refractivity contribution in [1.29, 1.82) is 0 Å². The largest absolute Gasteiger partial charge is 0.331 e. The number of hydrogen-bond acceptors (Lipinski definition) is 4. The Bertz CT molecular complexity index is 781. The summed E-state index contributed by atoms with van der Waals surface area (Å²) >= 11 is 7.17. The molecule has 2 heterocycles. The molecule has 148 valence electrons. The van der Waals surface area contributed by atoms with Gasteiger partial charge in [-0.3, -0.25) is 14.6 Å². The van der Waals surface area contributed by atoms with Crippen LogP contribution in [-0.4, -0.2) is 59.4 Å². The van der Waals surface area contributed by atoms with Gasteiger partial charge in [0.1, 0.15) is 6.54 Å². The zero-order valence-corrected chi connectivity index (χ0v) is 17.1. The topological polar surface area (TPSA) is 66.7 Å². The van der Waals surface area contributed by atoms with Crippen LogP contribution in [0.25, 0.3) is 0 Å². The van der Waals surface area contributed by atoms with Crippen LogP contribution in [-0.2, 0) is 16.1 Å². The van der Waals surface area contributed by atoms with Crippen LogP contribution in [0.15, 0.2) is 48.8 Å². The summed E-state index contributed by atoms with van der Waals surface area (Å²) in [5.41, 5.74) is 1.97. The first-order valence-corrected chi connectivity index (χ1v) is 10.8. The Labute approximate surface area is 174 Å². The summed E-state index contributed by atoms with van der Waals surface area (Å²) in [6, 6.07) is 11.0. The third-order valence-electron chi connectivity index (χ3n) is 4.61. The van der Waals surface area contributed by atoms with Gasteiger partial charge in [-0.05, 0) is 36.4 Å². The van der Waals surface area contributed by atoms with Crippen LogP contribution in [0.1, 0.15) is 5.56 Å². The van der Waals surface area contributed by atoms with E-state index in [0.717, 1.165) is 32.7 Å². The van der Waals surface area contributed by atoms with Gasteiger partial charge in [-0.15, -0.1) is 11.8 Å². The molecular formula is C20H24ClN4O2S+. The number of carbonyl (C=O) groups excluding carboxylic acids is 2. The summed E-state index contributed by atoms with van der Waals surface area (Å²) in [7, 11) is 0. The zero-order valence-electron chi connectivity index (χ0n) is 15.6. The molecule has 1 saturated heterocycles. The molecule has 1 aromatic heterocycles. The van der Waals surface area contributed by atoms with Crippen molar-refractivity contribution in [1.82, 2.24) is 9.88 Å². The number of piperazine rings is 1. The molecule has 28 heavy (non-hydrogen) atoms. The number of nitrogens with one attached hydrogen (secondary N) is 2. The Kier molecular flexibility index (Phi) is 7.71. The SMILES string of the molecule is O=C(CSCC(=O)N1CC[NH+](Cc2ccncc2)CC1)Nc1ccc(Cl)cc1. The van der Waals surface area contributed by atoms with Crippen LogP contribution < -0.4 is 10.2 Å². The Morgan fingerprint density at radius 3 is 2.43 bits per heavy atom. The minimum absolute atomic E-state index is 0.104. The average Bonchev–Trinajstić information content (AvgIpc) is 2.71. The number of quaternary nitrogens is 1. The Morgan fingerprint density at radius 1 is 1.07 bits per heavy atom. The summed E-state index contributed by atoms with van der Waals surface area (Å²) in [5.74, 6) is 0.564. The second-order valence-electron chi connectivity index (χ2n) is 6.71. The van der Waals surface area contributed by atoms with E-state index in [2.05, 4.69) is 10.3 Å². The maximum atomic E-state index is 12.4. The molecule has 0 atom stereocenters. The van der Waals surface area contributed by atoms with Crippen molar-refractivity contribution in [2.24, 2.45) is 0 Å². The van der Waals surface area contributed by atoms with Gasteiger partial charge in [0.2, 0.25) is 11.8 Å². The predicted molar refractivity (Wildman–Crippen MR) is 113 cm³/mol. The number of benzene rings is 1. The highest BCUT2D eigenvalue weighted by molar-refractivity contribution is 8.00. The summed E-state index contributed by atoms with van der Waals surface area (Å²) < 4.78 is 0. The number of anilines is 1. The minimum Gasteiger partial charge on any atom is -0.331 e. The number of amides is 2. The number of halogens is 1. The number of carbonyl (C=O) groups is 2. The summed E-state index contributed by atoms with van der Waals surface area (Å²) in [5, 5.41) is 3.43. The fourth-order valence-corrected chi connectivity index (χ4v) is 3.93. The first-order chi connectivity index (χ1) is 13.6. The second kappa shape index (κ2) is 10.5. The van der Waals surface area contributed by atoms with Crippen LogP contribution in [0.5, 0.6) is 0 Å². The van der Waals surface area contributed by atoms with Gasteiger partial charge in [-0.1, -0.05) is 11.6 Å². The normalized spacial score (nSPS) is 14.7. The highest BCUT2D eigenvalue weighted by atomic mass is 35.5. The molecule has 0 saturated carbocycles. The molecule has 1 aliphatic heterocycles. The molecule has 2 aromatic rings. The molecule has 1 aromatic carbocycles. The maximum absolute atomic E-state index is 12.4. The van der Waals surface area contributed by atoms with E-state index >= 15 is 0 Å². The lowest BCUT2D eigenvalue weighted by Gasteiger charge is -2.32.